The van der Waals surface area contributed by atoms with Crippen LogP contribution in [0.25, 0.3) is 11.3 Å². The maximum absolute atomic E-state index is 13.4. The summed E-state index contributed by atoms with van der Waals surface area (Å²) in [5.41, 5.74) is 4.15. The van der Waals surface area contributed by atoms with Gasteiger partial charge in [0.25, 0.3) is 5.91 Å². The number of aromatic nitrogens is 2. The molecule has 0 radical (unpaired) electrons. The van der Waals surface area contributed by atoms with E-state index in [4.69, 9.17) is 0 Å². The third-order valence-electron chi connectivity index (χ3n) is 6.18. The number of anilines is 1. The summed E-state index contributed by atoms with van der Waals surface area (Å²) in [6.07, 6.45) is 1.91. The summed E-state index contributed by atoms with van der Waals surface area (Å²) < 4.78 is 14.8. The summed E-state index contributed by atoms with van der Waals surface area (Å²) in [5.74, 6) is -0.475. The Morgan fingerprint density at radius 2 is 1.86 bits per heavy atom. The van der Waals surface area contributed by atoms with Crippen LogP contribution >= 0.6 is 0 Å². The number of hydrogen-bond acceptors (Lipinski definition) is 4. The van der Waals surface area contributed by atoms with Crippen LogP contribution in [0, 0.1) is 12.7 Å². The van der Waals surface area contributed by atoms with Gasteiger partial charge in [-0.25, -0.2) is 9.18 Å². The van der Waals surface area contributed by atoms with Gasteiger partial charge in [0.05, 0.1) is 11.4 Å². The lowest BCUT2D eigenvalue weighted by atomic mass is 10.1. The molecule has 4 aromatic rings. The number of nitrogens with zero attached hydrogens (tertiary/aromatic N) is 2. The van der Waals surface area contributed by atoms with Crippen LogP contribution < -0.4 is 10.6 Å². The van der Waals surface area contributed by atoms with E-state index in [-0.39, 0.29) is 29.9 Å². The van der Waals surface area contributed by atoms with Crippen molar-refractivity contribution in [3.05, 3.63) is 101 Å². The van der Waals surface area contributed by atoms with E-state index in [1.165, 1.54) is 22.9 Å². The number of aromatic hydroxyl groups is 1. The molecule has 8 heteroatoms. The van der Waals surface area contributed by atoms with E-state index in [1.807, 2.05) is 19.1 Å². The molecule has 1 aromatic heterocycles. The largest absolute Gasteiger partial charge is 0.507 e. The Morgan fingerprint density at radius 3 is 2.58 bits per heavy atom. The highest BCUT2D eigenvalue weighted by molar-refractivity contribution is 6.05. The van der Waals surface area contributed by atoms with E-state index >= 15 is 0 Å². The highest BCUT2D eigenvalue weighted by atomic mass is 19.1. The Hall–Kier alpha value is -4.46. The second-order valence-electron chi connectivity index (χ2n) is 8.93. The van der Waals surface area contributed by atoms with Gasteiger partial charge in [0.15, 0.2) is 0 Å². The Labute approximate surface area is 207 Å². The van der Waals surface area contributed by atoms with Crippen molar-refractivity contribution in [1.29, 1.82) is 0 Å². The van der Waals surface area contributed by atoms with Gasteiger partial charge in [-0.05, 0) is 67.3 Å². The van der Waals surface area contributed by atoms with Crippen molar-refractivity contribution in [3.63, 3.8) is 0 Å². The monoisotopic (exact) mass is 484 g/mol. The van der Waals surface area contributed by atoms with Gasteiger partial charge < -0.3 is 15.7 Å². The number of phenolic OH excluding ortho intramolecular Hbond substituents is 1. The number of nitrogens with one attached hydrogen (secondary N) is 2. The number of aryl methyl sites for hydroxylation is 1. The van der Waals surface area contributed by atoms with E-state index in [2.05, 4.69) is 15.7 Å². The minimum Gasteiger partial charge on any atom is -0.507 e. The Bertz CT molecular complexity index is 1460. The summed E-state index contributed by atoms with van der Waals surface area (Å²) in [4.78, 5) is 25.5. The van der Waals surface area contributed by atoms with Gasteiger partial charge in [0, 0.05) is 35.3 Å². The molecule has 7 nitrogen and oxygen atoms in total. The fraction of sp³-hybridized carbons (Fsp3) is 0.179. The molecule has 0 unspecified atom stereocenters. The number of benzene rings is 3. The molecule has 3 N–H and O–H groups in total. The van der Waals surface area contributed by atoms with Gasteiger partial charge in [0.1, 0.15) is 11.6 Å². The molecule has 3 aromatic carbocycles. The Kier molecular flexibility index (Phi) is 6.25. The van der Waals surface area contributed by atoms with E-state index in [0.29, 0.717) is 28.1 Å². The molecular formula is C28H25FN4O3. The molecule has 0 atom stereocenters. The van der Waals surface area contributed by atoms with Gasteiger partial charge in [0.2, 0.25) is 0 Å². The minimum atomic E-state index is -0.422. The average Bonchev–Trinajstić information content (AvgIpc) is 3.61. The highest BCUT2D eigenvalue weighted by Crippen LogP contribution is 2.42. The quantitative estimate of drug-likeness (QED) is 0.332. The summed E-state index contributed by atoms with van der Waals surface area (Å²) in [6, 6.07) is 19.5. The molecule has 1 aliphatic rings. The van der Waals surface area contributed by atoms with Crippen molar-refractivity contribution >= 4 is 17.6 Å². The predicted molar refractivity (Wildman–Crippen MR) is 134 cm³/mol. The first kappa shape index (κ1) is 23.3. The van der Waals surface area contributed by atoms with Crippen LogP contribution in [0.2, 0.25) is 0 Å². The molecule has 0 spiro atoms. The third-order valence-corrected chi connectivity index (χ3v) is 6.18. The zero-order chi connectivity index (χ0) is 25.2. The van der Waals surface area contributed by atoms with E-state index in [0.717, 1.165) is 24.1 Å². The van der Waals surface area contributed by atoms with E-state index < -0.39 is 6.03 Å². The van der Waals surface area contributed by atoms with Gasteiger partial charge in [-0.1, -0.05) is 30.3 Å². The number of rotatable bonds is 6. The summed E-state index contributed by atoms with van der Waals surface area (Å²) in [5, 5.41) is 20.8. The number of hydrogen-bond donors (Lipinski definition) is 3. The highest BCUT2D eigenvalue weighted by Gasteiger charge is 2.30. The van der Waals surface area contributed by atoms with Gasteiger partial charge in [-0.2, -0.15) is 9.78 Å². The van der Waals surface area contributed by atoms with Crippen LogP contribution in [0.3, 0.4) is 0 Å². The molecule has 36 heavy (non-hydrogen) atoms. The molecule has 1 aliphatic carbocycles. The molecule has 0 aliphatic heterocycles. The topological polar surface area (TPSA) is 96.3 Å². The van der Waals surface area contributed by atoms with Crippen molar-refractivity contribution in [2.75, 3.05) is 5.32 Å². The first-order valence-corrected chi connectivity index (χ1v) is 11.7. The fourth-order valence-electron chi connectivity index (χ4n) is 4.11. The number of carbonyl (C=O) groups excluding carboxylic acids is 2. The number of phenols is 1. The molecule has 0 saturated heterocycles. The summed E-state index contributed by atoms with van der Waals surface area (Å²) in [7, 11) is 0. The molecule has 5 rings (SSSR count). The van der Waals surface area contributed by atoms with Crippen molar-refractivity contribution in [1.82, 2.24) is 15.1 Å². The molecule has 1 fully saturated rings. The van der Waals surface area contributed by atoms with Crippen molar-refractivity contribution in [2.45, 2.75) is 32.2 Å². The molecule has 0 bridgehead atoms. The van der Waals surface area contributed by atoms with E-state index in [9.17, 15) is 19.1 Å². The SMILES string of the molecule is Cc1ccccc1C(=O)Nc1ccc(-c2cc(C3CC3)n(C(=O)NCc3cccc(F)c3)n2)c(O)c1. The van der Waals surface area contributed by atoms with Gasteiger partial charge in [-0.15, -0.1) is 0 Å². The Morgan fingerprint density at radius 1 is 1.06 bits per heavy atom. The zero-order valence-corrected chi connectivity index (χ0v) is 19.7. The summed E-state index contributed by atoms with van der Waals surface area (Å²) >= 11 is 0. The normalized spacial score (nSPS) is 12.8. The predicted octanol–water partition coefficient (Wildman–Crippen LogP) is 5.59. The maximum Gasteiger partial charge on any atom is 0.342 e. The molecule has 2 amide bonds. The molecular weight excluding hydrogens is 459 g/mol. The van der Waals surface area contributed by atoms with Crippen LogP contribution in [0.1, 0.15) is 45.9 Å². The standard InChI is InChI=1S/C28H25FN4O3/c1-17-5-2-3-8-22(17)27(35)31-21-11-12-23(26(34)14-21)24-15-25(19-9-10-19)33(32-24)28(36)30-16-18-6-4-7-20(29)13-18/h2-8,11-15,19,34H,9-10,16H2,1H3,(H,30,36)(H,31,35). The minimum absolute atomic E-state index is 0.0650. The summed E-state index contributed by atoms with van der Waals surface area (Å²) in [6.45, 7) is 2.02. The first-order valence-electron chi connectivity index (χ1n) is 11.7. The van der Waals surface area contributed by atoms with E-state index in [1.54, 1.807) is 42.5 Å². The van der Waals surface area contributed by atoms with Crippen LogP contribution in [0.5, 0.6) is 5.75 Å². The molecule has 1 heterocycles. The van der Waals surface area contributed by atoms with Crippen molar-refractivity contribution < 1.29 is 19.1 Å². The third kappa shape index (κ3) is 4.98. The van der Waals surface area contributed by atoms with Crippen LogP contribution in [0.15, 0.2) is 72.8 Å². The lowest BCUT2D eigenvalue weighted by Crippen LogP contribution is -2.30. The van der Waals surface area contributed by atoms with Crippen molar-refractivity contribution in [2.24, 2.45) is 0 Å². The first-order chi connectivity index (χ1) is 17.4. The molecule has 1 saturated carbocycles. The maximum atomic E-state index is 13.4. The number of halogens is 1. The van der Waals surface area contributed by atoms with Gasteiger partial charge >= 0.3 is 6.03 Å². The lowest BCUT2D eigenvalue weighted by molar-refractivity contribution is 0.102. The van der Waals surface area contributed by atoms with Crippen LogP contribution in [-0.2, 0) is 6.54 Å². The molecule has 182 valence electrons. The fourth-order valence-corrected chi connectivity index (χ4v) is 4.11. The van der Waals surface area contributed by atoms with Crippen LogP contribution in [0.4, 0.5) is 14.9 Å². The smallest absolute Gasteiger partial charge is 0.342 e. The number of amides is 2. The van der Waals surface area contributed by atoms with Crippen molar-refractivity contribution in [3.8, 4) is 17.0 Å². The lowest BCUT2D eigenvalue weighted by Gasteiger charge is -2.09. The Balaban J connectivity index is 1.35. The number of carbonyl (C=O) groups is 2. The van der Waals surface area contributed by atoms with Crippen LogP contribution in [-0.4, -0.2) is 26.8 Å². The van der Waals surface area contributed by atoms with Gasteiger partial charge in [-0.3, -0.25) is 4.79 Å². The average molecular weight is 485 g/mol. The second kappa shape index (κ2) is 9.65. The zero-order valence-electron chi connectivity index (χ0n) is 19.7. The second-order valence-corrected chi connectivity index (χ2v) is 8.93.